The number of aryl methyl sites for hydroxylation is 1. The van der Waals surface area contributed by atoms with Gasteiger partial charge < -0.3 is 15.5 Å². The van der Waals surface area contributed by atoms with Gasteiger partial charge in [0.25, 0.3) is 0 Å². The maximum atomic E-state index is 13.1. The van der Waals surface area contributed by atoms with Crippen LogP contribution in [-0.4, -0.2) is 36.3 Å². The van der Waals surface area contributed by atoms with E-state index in [1.165, 1.54) is 0 Å². The Morgan fingerprint density at radius 1 is 1.06 bits per heavy atom. The fraction of sp³-hybridized carbons (Fsp3) is 0.400. The van der Waals surface area contributed by atoms with Gasteiger partial charge in [0.2, 0.25) is 17.7 Å². The SMILES string of the molecule is Cc1cccc(N2CC(C(=O)NC(Cc3ccccc3)C(=O)NC3CC3)CC2=O)c1C. The maximum absolute atomic E-state index is 13.1. The van der Waals surface area contributed by atoms with E-state index >= 15 is 0 Å². The van der Waals surface area contributed by atoms with Crippen LogP contribution in [0.2, 0.25) is 0 Å². The minimum Gasteiger partial charge on any atom is -0.352 e. The summed E-state index contributed by atoms with van der Waals surface area (Å²) in [4.78, 5) is 40.2. The second-order valence-electron chi connectivity index (χ2n) is 8.66. The quantitative estimate of drug-likeness (QED) is 0.724. The maximum Gasteiger partial charge on any atom is 0.243 e. The minimum atomic E-state index is -0.652. The van der Waals surface area contributed by atoms with Crippen LogP contribution in [-0.2, 0) is 20.8 Å². The molecule has 162 valence electrons. The number of carbonyl (C=O) groups is 3. The zero-order valence-electron chi connectivity index (χ0n) is 18.1. The van der Waals surface area contributed by atoms with Crippen LogP contribution in [0.25, 0.3) is 0 Å². The van der Waals surface area contributed by atoms with Crippen LogP contribution in [0, 0.1) is 19.8 Å². The van der Waals surface area contributed by atoms with E-state index in [4.69, 9.17) is 0 Å². The molecular formula is C25H29N3O3. The predicted octanol–water partition coefficient (Wildman–Crippen LogP) is 2.66. The molecule has 2 unspecified atom stereocenters. The molecule has 0 spiro atoms. The van der Waals surface area contributed by atoms with Gasteiger partial charge in [-0.3, -0.25) is 14.4 Å². The lowest BCUT2D eigenvalue weighted by Crippen LogP contribution is -2.50. The van der Waals surface area contributed by atoms with Crippen LogP contribution in [0.3, 0.4) is 0 Å². The number of amides is 3. The van der Waals surface area contributed by atoms with Crippen LogP contribution < -0.4 is 15.5 Å². The third kappa shape index (κ3) is 4.95. The summed E-state index contributed by atoms with van der Waals surface area (Å²) < 4.78 is 0. The molecule has 1 heterocycles. The predicted molar refractivity (Wildman–Crippen MR) is 120 cm³/mol. The van der Waals surface area contributed by atoms with Gasteiger partial charge in [0, 0.05) is 31.1 Å². The monoisotopic (exact) mass is 419 g/mol. The van der Waals surface area contributed by atoms with Gasteiger partial charge in [-0.1, -0.05) is 42.5 Å². The molecular weight excluding hydrogens is 390 g/mol. The zero-order valence-corrected chi connectivity index (χ0v) is 18.1. The number of hydrogen-bond acceptors (Lipinski definition) is 3. The lowest BCUT2D eigenvalue weighted by molar-refractivity contribution is -0.131. The number of nitrogens with one attached hydrogen (secondary N) is 2. The molecule has 3 amide bonds. The third-order valence-electron chi connectivity index (χ3n) is 6.20. The van der Waals surface area contributed by atoms with E-state index in [-0.39, 0.29) is 30.2 Å². The molecule has 2 N–H and O–H groups in total. The molecule has 1 saturated heterocycles. The fourth-order valence-corrected chi connectivity index (χ4v) is 4.02. The molecule has 2 aromatic carbocycles. The van der Waals surface area contributed by atoms with E-state index in [1.807, 2.05) is 62.4 Å². The van der Waals surface area contributed by atoms with Crippen molar-refractivity contribution in [3.8, 4) is 0 Å². The fourth-order valence-electron chi connectivity index (χ4n) is 4.02. The largest absolute Gasteiger partial charge is 0.352 e. The van der Waals surface area contributed by atoms with Crippen molar-refractivity contribution in [2.24, 2.45) is 5.92 Å². The molecule has 2 fully saturated rings. The molecule has 0 radical (unpaired) electrons. The van der Waals surface area contributed by atoms with Crippen molar-refractivity contribution < 1.29 is 14.4 Å². The Bertz CT molecular complexity index is 985. The second-order valence-corrected chi connectivity index (χ2v) is 8.66. The standard InChI is InChI=1S/C25H29N3O3/c1-16-7-6-10-22(17(16)2)28-15-19(14-23(28)29)24(30)27-21(25(31)26-20-11-12-20)13-18-8-4-3-5-9-18/h3-10,19-21H,11-15H2,1-2H3,(H,26,31)(H,27,30). The third-order valence-corrected chi connectivity index (χ3v) is 6.20. The van der Waals surface area contributed by atoms with Crippen molar-refractivity contribution in [3.05, 3.63) is 65.2 Å². The van der Waals surface area contributed by atoms with Crippen molar-refractivity contribution in [2.75, 3.05) is 11.4 Å². The van der Waals surface area contributed by atoms with Gasteiger partial charge in [-0.15, -0.1) is 0 Å². The van der Waals surface area contributed by atoms with Crippen LogP contribution in [0.1, 0.15) is 36.0 Å². The Morgan fingerprint density at radius 2 is 1.81 bits per heavy atom. The van der Waals surface area contributed by atoms with E-state index in [1.54, 1.807) is 4.90 Å². The average Bonchev–Trinajstić information content (AvgIpc) is 3.49. The first-order valence-corrected chi connectivity index (χ1v) is 10.9. The first-order chi connectivity index (χ1) is 14.9. The van der Waals surface area contributed by atoms with Gasteiger partial charge in [-0.25, -0.2) is 0 Å². The summed E-state index contributed by atoms with van der Waals surface area (Å²) in [5.74, 6) is -0.932. The molecule has 31 heavy (non-hydrogen) atoms. The average molecular weight is 420 g/mol. The molecule has 2 aromatic rings. The molecule has 1 aliphatic heterocycles. The highest BCUT2D eigenvalue weighted by molar-refractivity contribution is 6.01. The lowest BCUT2D eigenvalue weighted by atomic mass is 10.0. The van der Waals surface area contributed by atoms with Gasteiger partial charge in [-0.2, -0.15) is 0 Å². The highest BCUT2D eigenvalue weighted by Gasteiger charge is 2.37. The Kier molecular flexibility index (Phi) is 6.07. The first-order valence-electron chi connectivity index (χ1n) is 10.9. The Labute approximate surface area is 183 Å². The number of nitrogens with zero attached hydrogens (tertiary/aromatic N) is 1. The van der Waals surface area contributed by atoms with E-state index in [2.05, 4.69) is 10.6 Å². The van der Waals surface area contributed by atoms with E-state index in [0.29, 0.717) is 13.0 Å². The van der Waals surface area contributed by atoms with Crippen molar-refractivity contribution >= 4 is 23.4 Å². The highest BCUT2D eigenvalue weighted by atomic mass is 16.2. The highest BCUT2D eigenvalue weighted by Crippen LogP contribution is 2.29. The first kappa shape index (κ1) is 21.1. The van der Waals surface area contributed by atoms with Gasteiger partial charge in [-0.05, 0) is 49.4 Å². The molecule has 0 aromatic heterocycles. The second kappa shape index (κ2) is 8.92. The molecule has 1 aliphatic carbocycles. The summed E-state index contributed by atoms with van der Waals surface area (Å²) >= 11 is 0. The Morgan fingerprint density at radius 3 is 2.52 bits per heavy atom. The molecule has 2 aliphatic rings. The van der Waals surface area contributed by atoms with E-state index in [0.717, 1.165) is 35.2 Å². The van der Waals surface area contributed by atoms with Gasteiger partial charge in [0.1, 0.15) is 6.04 Å². The lowest BCUT2D eigenvalue weighted by Gasteiger charge is -2.22. The summed E-state index contributed by atoms with van der Waals surface area (Å²) in [5.41, 5.74) is 3.99. The van der Waals surface area contributed by atoms with E-state index < -0.39 is 12.0 Å². The molecule has 0 bridgehead atoms. The smallest absolute Gasteiger partial charge is 0.243 e. The molecule has 1 saturated carbocycles. The summed E-state index contributed by atoms with van der Waals surface area (Å²) in [6.45, 7) is 4.33. The number of rotatable bonds is 7. The van der Waals surface area contributed by atoms with Gasteiger partial charge in [0.15, 0.2) is 0 Å². The molecule has 2 atom stereocenters. The molecule has 6 nitrogen and oxygen atoms in total. The summed E-state index contributed by atoms with van der Waals surface area (Å²) in [6.07, 6.45) is 2.55. The van der Waals surface area contributed by atoms with Gasteiger partial charge >= 0.3 is 0 Å². The van der Waals surface area contributed by atoms with Crippen LogP contribution in [0.15, 0.2) is 48.5 Å². The zero-order chi connectivity index (χ0) is 22.0. The molecule has 6 heteroatoms. The summed E-state index contributed by atoms with van der Waals surface area (Å²) in [7, 11) is 0. The normalized spacial score (nSPS) is 19.2. The van der Waals surface area contributed by atoms with Crippen molar-refractivity contribution in [3.63, 3.8) is 0 Å². The minimum absolute atomic E-state index is 0.0594. The number of hydrogen-bond donors (Lipinski definition) is 2. The van der Waals surface area contributed by atoms with Crippen molar-refractivity contribution in [1.82, 2.24) is 10.6 Å². The van der Waals surface area contributed by atoms with Crippen molar-refractivity contribution in [1.29, 1.82) is 0 Å². The summed E-state index contributed by atoms with van der Waals surface area (Å²) in [6, 6.07) is 15.1. The van der Waals surface area contributed by atoms with Crippen LogP contribution in [0.4, 0.5) is 5.69 Å². The van der Waals surface area contributed by atoms with Crippen LogP contribution >= 0.6 is 0 Å². The number of anilines is 1. The Balaban J connectivity index is 1.45. The van der Waals surface area contributed by atoms with Crippen molar-refractivity contribution in [2.45, 2.75) is 51.6 Å². The van der Waals surface area contributed by atoms with E-state index in [9.17, 15) is 14.4 Å². The number of carbonyl (C=O) groups excluding carboxylic acids is 3. The number of benzene rings is 2. The Hall–Kier alpha value is -3.15. The summed E-state index contributed by atoms with van der Waals surface area (Å²) in [5, 5.41) is 5.93. The molecule has 4 rings (SSSR count). The van der Waals surface area contributed by atoms with Crippen LogP contribution in [0.5, 0.6) is 0 Å². The topological polar surface area (TPSA) is 78.5 Å². The van der Waals surface area contributed by atoms with Gasteiger partial charge in [0.05, 0.1) is 5.92 Å².